The van der Waals surface area contributed by atoms with Crippen LogP contribution < -0.4 is 4.74 Å². The fourth-order valence-electron chi connectivity index (χ4n) is 3.30. The van der Waals surface area contributed by atoms with E-state index in [2.05, 4.69) is 0 Å². The van der Waals surface area contributed by atoms with Crippen LogP contribution in [0.25, 0.3) is 10.8 Å². The molecule has 2 aromatic carbocycles. The van der Waals surface area contributed by atoms with Crippen LogP contribution >= 0.6 is 0 Å². The Bertz CT molecular complexity index is 729. The van der Waals surface area contributed by atoms with Gasteiger partial charge in [-0.2, -0.15) is 0 Å². The third kappa shape index (κ3) is 2.41. The van der Waals surface area contributed by atoms with Gasteiger partial charge in [0.05, 0.1) is 12.5 Å². The lowest BCUT2D eigenvalue weighted by Crippen LogP contribution is -2.41. The molecular formula is C19H20O3. The molecule has 1 saturated carbocycles. The molecule has 1 fully saturated rings. The molecule has 3 rings (SSSR count). The maximum atomic E-state index is 12.3. The summed E-state index contributed by atoms with van der Waals surface area (Å²) in [6, 6.07) is 11.9. The second-order valence-electron chi connectivity index (χ2n) is 6.21. The predicted molar refractivity (Wildman–Crippen MR) is 86.2 cm³/mol. The number of carbonyl (C=O) groups is 2. The molecule has 22 heavy (non-hydrogen) atoms. The predicted octanol–water partition coefficient (Wildman–Crippen LogP) is 3.72. The minimum Gasteiger partial charge on any atom is -0.497 e. The van der Waals surface area contributed by atoms with Crippen LogP contribution in [0.3, 0.4) is 0 Å². The molecule has 0 heterocycles. The quantitative estimate of drug-likeness (QED) is 0.811. The second-order valence-corrected chi connectivity index (χ2v) is 6.21. The largest absolute Gasteiger partial charge is 0.497 e. The van der Waals surface area contributed by atoms with E-state index in [9.17, 15) is 9.59 Å². The minimum atomic E-state index is -0.869. The van der Waals surface area contributed by atoms with Crippen molar-refractivity contribution in [2.45, 2.75) is 32.6 Å². The van der Waals surface area contributed by atoms with Crippen molar-refractivity contribution in [2.75, 3.05) is 7.11 Å². The van der Waals surface area contributed by atoms with Crippen molar-refractivity contribution in [3.8, 4) is 5.75 Å². The van der Waals surface area contributed by atoms with Crippen LogP contribution in [-0.2, 0) is 16.0 Å². The summed E-state index contributed by atoms with van der Waals surface area (Å²) >= 11 is 0. The molecule has 0 atom stereocenters. The summed E-state index contributed by atoms with van der Waals surface area (Å²) in [4.78, 5) is 24.7. The van der Waals surface area contributed by atoms with E-state index < -0.39 is 5.41 Å². The highest BCUT2D eigenvalue weighted by molar-refractivity contribution is 6.09. The zero-order valence-corrected chi connectivity index (χ0v) is 13.0. The summed E-state index contributed by atoms with van der Waals surface area (Å²) in [5.41, 5.74) is 0.179. The van der Waals surface area contributed by atoms with Crippen LogP contribution in [0.4, 0.5) is 0 Å². The van der Waals surface area contributed by atoms with Gasteiger partial charge in [-0.05, 0) is 48.2 Å². The molecule has 1 aliphatic carbocycles. The lowest BCUT2D eigenvalue weighted by Gasteiger charge is -2.31. The summed E-state index contributed by atoms with van der Waals surface area (Å²) in [5.74, 6) is 0.962. The topological polar surface area (TPSA) is 43.4 Å². The summed E-state index contributed by atoms with van der Waals surface area (Å²) < 4.78 is 5.26. The molecule has 0 bridgehead atoms. The van der Waals surface area contributed by atoms with E-state index in [0.29, 0.717) is 25.7 Å². The second kappa shape index (κ2) is 5.56. The van der Waals surface area contributed by atoms with Gasteiger partial charge in [0.25, 0.3) is 0 Å². The van der Waals surface area contributed by atoms with Gasteiger partial charge in [-0.25, -0.2) is 0 Å². The van der Waals surface area contributed by atoms with Gasteiger partial charge in [0.1, 0.15) is 17.3 Å². The Labute approximate surface area is 130 Å². The first kappa shape index (κ1) is 14.8. The number of benzene rings is 2. The van der Waals surface area contributed by atoms with Crippen molar-refractivity contribution in [3.63, 3.8) is 0 Å². The van der Waals surface area contributed by atoms with E-state index in [0.717, 1.165) is 22.1 Å². The lowest BCUT2D eigenvalue weighted by atomic mass is 9.69. The number of carbonyl (C=O) groups excluding carboxylic acids is 2. The molecule has 0 aromatic heterocycles. The Morgan fingerprint density at radius 1 is 1.09 bits per heavy atom. The molecular weight excluding hydrogens is 276 g/mol. The van der Waals surface area contributed by atoms with E-state index in [4.69, 9.17) is 4.74 Å². The van der Waals surface area contributed by atoms with Gasteiger partial charge in [-0.1, -0.05) is 24.3 Å². The highest BCUT2D eigenvalue weighted by Crippen LogP contribution is 2.35. The van der Waals surface area contributed by atoms with Crippen molar-refractivity contribution >= 4 is 22.3 Å². The number of hydrogen-bond acceptors (Lipinski definition) is 3. The van der Waals surface area contributed by atoms with E-state index >= 15 is 0 Å². The number of ketones is 2. The first-order valence-electron chi connectivity index (χ1n) is 7.67. The van der Waals surface area contributed by atoms with Gasteiger partial charge >= 0.3 is 0 Å². The Morgan fingerprint density at radius 2 is 1.82 bits per heavy atom. The van der Waals surface area contributed by atoms with Gasteiger partial charge in [-0.3, -0.25) is 9.59 Å². The monoisotopic (exact) mass is 296 g/mol. The average molecular weight is 296 g/mol. The summed E-state index contributed by atoms with van der Waals surface area (Å²) in [5, 5.41) is 2.15. The number of rotatable bonds is 3. The minimum absolute atomic E-state index is 0.0780. The number of hydrogen-bond donors (Lipinski definition) is 0. The lowest BCUT2D eigenvalue weighted by molar-refractivity contribution is -0.142. The third-order valence-corrected chi connectivity index (χ3v) is 4.76. The fraction of sp³-hybridized carbons (Fsp3) is 0.368. The van der Waals surface area contributed by atoms with Gasteiger partial charge in [0.2, 0.25) is 0 Å². The van der Waals surface area contributed by atoms with Gasteiger partial charge in [0.15, 0.2) is 0 Å². The number of methoxy groups -OCH3 is 1. The molecule has 0 unspecified atom stereocenters. The molecule has 0 saturated heterocycles. The standard InChI is InChI=1S/C19H20O3/c1-19(17(20)7-4-8-18(19)21)12-14-6-3-5-13-11-15(22-2)9-10-16(13)14/h3,5-6,9-11H,4,7-8,12H2,1-2H3. The highest BCUT2D eigenvalue weighted by atomic mass is 16.5. The van der Waals surface area contributed by atoms with Crippen molar-refractivity contribution in [1.82, 2.24) is 0 Å². The highest BCUT2D eigenvalue weighted by Gasteiger charge is 2.42. The van der Waals surface area contributed by atoms with Crippen LogP contribution in [-0.4, -0.2) is 18.7 Å². The van der Waals surface area contributed by atoms with Crippen molar-refractivity contribution in [2.24, 2.45) is 5.41 Å². The van der Waals surface area contributed by atoms with Crippen LogP contribution in [0, 0.1) is 5.41 Å². The molecule has 114 valence electrons. The molecule has 0 spiro atoms. The smallest absolute Gasteiger partial charge is 0.146 e. The molecule has 3 nitrogen and oxygen atoms in total. The van der Waals surface area contributed by atoms with Crippen molar-refractivity contribution in [1.29, 1.82) is 0 Å². The number of fused-ring (bicyclic) bond motifs is 1. The Kier molecular flexibility index (Phi) is 3.73. The van der Waals surface area contributed by atoms with Crippen LogP contribution in [0.15, 0.2) is 36.4 Å². The molecule has 0 amide bonds. The molecule has 2 aromatic rings. The molecule has 0 aliphatic heterocycles. The third-order valence-electron chi connectivity index (χ3n) is 4.76. The summed E-state index contributed by atoms with van der Waals surface area (Å²) in [6.07, 6.45) is 2.20. The Balaban J connectivity index is 2.03. The number of Topliss-reactive ketones (excluding diaryl/α,β-unsaturated/α-hetero) is 2. The molecule has 0 N–H and O–H groups in total. The van der Waals surface area contributed by atoms with Crippen LogP contribution in [0.5, 0.6) is 5.75 Å². The Morgan fingerprint density at radius 3 is 2.50 bits per heavy atom. The first-order valence-corrected chi connectivity index (χ1v) is 7.67. The first-order chi connectivity index (χ1) is 10.5. The maximum absolute atomic E-state index is 12.3. The summed E-state index contributed by atoms with van der Waals surface area (Å²) in [7, 11) is 1.64. The zero-order chi connectivity index (χ0) is 15.7. The molecule has 1 aliphatic rings. The van der Waals surface area contributed by atoms with E-state index in [-0.39, 0.29) is 11.6 Å². The van der Waals surface area contributed by atoms with E-state index in [1.807, 2.05) is 36.4 Å². The van der Waals surface area contributed by atoms with E-state index in [1.54, 1.807) is 14.0 Å². The Hall–Kier alpha value is -2.16. The zero-order valence-electron chi connectivity index (χ0n) is 13.0. The SMILES string of the molecule is COc1ccc2c(CC3(C)C(=O)CCCC3=O)cccc2c1. The molecule has 0 radical (unpaired) electrons. The van der Waals surface area contributed by atoms with Gasteiger partial charge < -0.3 is 4.74 Å². The average Bonchev–Trinajstić information content (AvgIpc) is 2.52. The van der Waals surface area contributed by atoms with Gasteiger partial charge in [-0.15, -0.1) is 0 Å². The normalized spacial score (nSPS) is 17.7. The van der Waals surface area contributed by atoms with E-state index in [1.165, 1.54) is 0 Å². The van der Waals surface area contributed by atoms with Gasteiger partial charge in [0, 0.05) is 12.8 Å². The van der Waals surface area contributed by atoms with Crippen molar-refractivity contribution in [3.05, 3.63) is 42.0 Å². The number of ether oxygens (including phenoxy) is 1. The summed E-state index contributed by atoms with van der Waals surface area (Å²) in [6.45, 7) is 1.80. The molecule has 3 heteroatoms. The maximum Gasteiger partial charge on any atom is 0.146 e. The van der Waals surface area contributed by atoms with Crippen LogP contribution in [0.2, 0.25) is 0 Å². The van der Waals surface area contributed by atoms with Crippen LogP contribution in [0.1, 0.15) is 31.7 Å². The van der Waals surface area contributed by atoms with Crippen molar-refractivity contribution < 1.29 is 14.3 Å². The fourth-order valence-corrected chi connectivity index (χ4v) is 3.30.